The van der Waals surface area contributed by atoms with Gasteiger partial charge in [0.2, 0.25) is 0 Å². The fourth-order valence-corrected chi connectivity index (χ4v) is 2.82. The molecule has 1 unspecified atom stereocenters. The summed E-state index contributed by atoms with van der Waals surface area (Å²) in [5, 5.41) is 11.1. The molecule has 0 aromatic carbocycles. The van der Waals surface area contributed by atoms with Crippen LogP contribution in [0.3, 0.4) is 0 Å². The SMILES string of the molecule is CCOCC(C)(C)C(O)(CC)C(N)(CC)CC. The molecule has 0 heterocycles. The molecule has 0 amide bonds. The molecule has 0 saturated carbocycles. The molecule has 104 valence electrons. The van der Waals surface area contributed by atoms with Crippen molar-refractivity contribution >= 4 is 0 Å². The molecule has 0 aromatic rings. The van der Waals surface area contributed by atoms with E-state index >= 15 is 0 Å². The molecule has 0 aliphatic heterocycles. The summed E-state index contributed by atoms with van der Waals surface area (Å²) in [6.45, 7) is 13.3. The van der Waals surface area contributed by atoms with E-state index in [-0.39, 0.29) is 5.41 Å². The quantitative estimate of drug-likeness (QED) is 0.691. The van der Waals surface area contributed by atoms with E-state index in [1.807, 2.05) is 41.5 Å². The van der Waals surface area contributed by atoms with Gasteiger partial charge in [0.05, 0.1) is 12.2 Å². The molecule has 3 N–H and O–H groups in total. The van der Waals surface area contributed by atoms with Gasteiger partial charge in [-0.05, 0) is 26.2 Å². The van der Waals surface area contributed by atoms with Gasteiger partial charge in [0.1, 0.15) is 0 Å². The minimum absolute atomic E-state index is 0.349. The zero-order valence-corrected chi connectivity index (χ0v) is 12.5. The van der Waals surface area contributed by atoms with Gasteiger partial charge < -0.3 is 15.6 Å². The molecule has 0 aliphatic rings. The Morgan fingerprint density at radius 3 is 1.76 bits per heavy atom. The molecular formula is C14H31NO2. The van der Waals surface area contributed by atoms with Crippen molar-refractivity contribution in [1.29, 1.82) is 0 Å². The zero-order chi connectivity index (χ0) is 13.7. The molecule has 0 bridgehead atoms. The van der Waals surface area contributed by atoms with E-state index in [1.54, 1.807) is 0 Å². The second kappa shape index (κ2) is 6.17. The minimum Gasteiger partial charge on any atom is -0.387 e. The standard InChI is InChI=1S/C14H31NO2/c1-7-13(15,8-2)14(16,9-3)12(5,6)11-17-10-4/h16H,7-11,15H2,1-6H3. The fraction of sp³-hybridized carbons (Fsp3) is 1.00. The van der Waals surface area contributed by atoms with Gasteiger partial charge in [0.25, 0.3) is 0 Å². The van der Waals surface area contributed by atoms with Gasteiger partial charge >= 0.3 is 0 Å². The van der Waals surface area contributed by atoms with Crippen LogP contribution in [-0.2, 0) is 4.74 Å². The number of aliphatic hydroxyl groups is 1. The highest BCUT2D eigenvalue weighted by molar-refractivity contribution is 5.09. The van der Waals surface area contributed by atoms with Gasteiger partial charge in [-0.25, -0.2) is 0 Å². The lowest BCUT2D eigenvalue weighted by Crippen LogP contribution is -2.67. The first-order valence-corrected chi connectivity index (χ1v) is 6.83. The number of hydrogen-bond acceptors (Lipinski definition) is 3. The maximum absolute atomic E-state index is 11.1. The van der Waals surface area contributed by atoms with Crippen LogP contribution in [0.4, 0.5) is 0 Å². The third-order valence-electron chi connectivity index (χ3n) is 4.38. The smallest absolute Gasteiger partial charge is 0.0895 e. The maximum atomic E-state index is 11.1. The van der Waals surface area contributed by atoms with Crippen molar-refractivity contribution in [3.05, 3.63) is 0 Å². The van der Waals surface area contributed by atoms with Crippen LogP contribution in [0.1, 0.15) is 60.8 Å². The van der Waals surface area contributed by atoms with Crippen molar-refractivity contribution in [2.45, 2.75) is 71.9 Å². The van der Waals surface area contributed by atoms with Crippen LogP contribution in [0.5, 0.6) is 0 Å². The van der Waals surface area contributed by atoms with Crippen LogP contribution in [0.15, 0.2) is 0 Å². The number of nitrogens with two attached hydrogens (primary N) is 1. The minimum atomic E-state index is -0.904. The molecule has 3 heteroatoms. The first-order valence-electron chi connectivity index (χ1n) is 6.83. The summed E-state index contributed by atoms with van der Waals surface area (Å²) in [4.78, 5) is 0. The van der Waals surface area contributed by atoms with Crippen LogP contribution in [0.2, 0.25) is 0 Å². The lowest BCUT2D eigenvalue weighted by atomic mass is 9.61. The molecule has 0 aliphatic carbocycles. The van der Waals surface area contributed by atoms with Crippen LogP contribution in [0.25, 0.3) is 0 Å². The van der Waals surface area contributed by atoms with Crippen LogP contribution >= 0.6 is 0 Å². The third kappa shape index (κ3) is 3.01. The van der Waals surface area contributed by atoms with Crippen molar-refractivity contribution in [2.75, 3.05) is 13.2 Å². The van der Waals surface area contributed by atoms with E-state index in [0.29, 0.717) is 19.6 Å². The number of hydrogen-bond donors (Lipinski definition) is 2. The summed E-state index contributed by atoms with van der Waals surface area (Å²) in [6, 6.07) is 0. The highest BCUT2D eigenvalue weighted by Crippen LogP contribution is 2.43. The zero-order valence-electron chi connectivity index (χ0n) is 12.5. The first kappa shape index (κ1) is 16.9. The average molecular weight is 245 g/mol. The Balaban J connectivity index is 5.24. The summed E-state index contributed by atoms with van der Waals surface area (Å²) in [5.41, 5.74) is 4.63. The Labute approximate surface area is 107 Å². The summed E-state index contributed by atoms with van der Waals surface area (Å²) in [6.07, 6.45) is 2.18. The van der Waals surface area contributed by atoms with Crippen molar-refractivity contribution in [3.63, 3.8) is 0 Å². The van der Waals surface area contributed by atoms with Gasteiger partial charge in [-0.15, -0.1) is 0 Å². The summed E-state index contributed by atoms with van der Waals surface area (Å²) in [5.74, 6) is 0. The second-order valence-corrected chi connectivity index (χ2v) is 5.60. The predicted octanol–water partition coefficient (Wildman–Crippen LogP) is 2.71. The molecule has 0 aromatic heterocycles. The van der Waals surface area contributed by atoms with E-state index in [1.165, 1.54) is 0 Å². The Kier molecular flexibility index (Phi) is 6.12. The summed E-state index contributed by atoms with van der Waals surface area (Å²) < 4.78 is 5.51. The Morgan fingerprint density at radius 2 is 1.47 bits per heavy atom. The highest BCUT2D eigenvalue weighted by Gasteiger charge is 2.53. The van der Waals surface area contributed by atoms with E-state index in [9.17, 15) is 5.11 Å². The van der Waals surface area contributed by atoms with E-state index in [2.05, 4.69) is 0 Å². The normalized spacial score (nSPS) is 16.9. The van der Waals surface area contributed by atoms with Gasteiger partial charge in [0.15, 0.2) is 0 Å². The molecule has 1 atom stereocenters. The van der Waals surface area contributed by atoms with Crippen LogP contribution in [-0.4, -0.2) is 29.5 Å². The second-order valence-electron chi connectivity index (χ2n) is 5.60. The lowest BCUT2D eigenvalue weighted by Gasteiger charge is -2.53. The van der Waals surface area contributed by atoms with Crippen molar-refractivity contribution in [1.82, 2.24) is 0 Å². The Hall–Kier alpha value is -0.120. The third-order valence-corrected chi connectivity index (χ3v) is 4.38. The van der Waals surface area contributed by atoms with Crippen molar-refractivity contribution in [2.24, 2.45) is 11.1 Å². The van der Waals surface area contributed by atoms with Gasteiger partial charge in [-0.2, -0.15) is 0 Å². The van der Waals surface area contributed by atoms with E-state index < -0.39 is 11.1 Å². The van der Waals surface area contributed by atoms with Gasteiger partial charge in [-0.3, -0.25) is 0 Å². The summed E-state index contributed by atoms with van der Waals surface area (Å²) >= 11 is 0. The first-order chi connectivity index (χ1) is 7.74. The van der Waals surface area contributed by atoms with E-state index in [0.717, 1.165) is 12.8 Å². The molecule has 17 heavy (non-hydrogen) atoms. The van der Waals surface area contributed by atoms with Crippen molar-refractivity contribution < 1.29 is 9.84 Å². The largest absolute Gasteiger partial charge is 0.387 e. The topological polar surface area (TPSA) is 55.5 Å². The number of rotatable bonds is 8. The summed E-state index contributed by atoms with van der Waals surface area (Å²) in [7, 11) is 0. The van der Waals surface area contributed by atoms with Crippen LogP contribution < -0.4 is 5.73 Å². The maximum Gasteiger partial charge on any atom is 0.0895 e. The molecule has 0 radical (unpaired) electrons. The van der Waals surface area contributed by atoms with Gasteiger partial charge in [-0.1, -0.05) is 34.6 Å². The lowest BCUT2D eigenvalue weighted by molar-refractivity contribution is -0.153. The van der Waals surface area contributed by atoms with E-state index in [4.69, 9.17) is 10.5 Å². The number of ether oxygens (including phenoxy) is 1. The molecular weight excluding hydrogens is 214 g/mol. The fourth-order valence-electron chi connectivity index (χ4n) is 2.82. The monoisotopic (exact) mass is 245 g/mol. The molecule has 0 fully saturated rings. The average Bonchev–Trinajstić information content (AvgIpc) is 2.33. The van der Waals surface area contributed by atoms with Crippen LogP contribution in [0, 0.1) is 5.41 Å². The molecule has 0 spiro atoms. The molecule has 3 nitrogen and oxygen atoms in total. The molecule has 0 rings (SSSR count). The highest BCUT2D eigenvalue weighted by atomic mass is 16.5. The Bertz CT molecular complexity index is 224. The molecule has 0 saturated heterocycles. The predicted molar refractivity (Wildman–Crippen MR) is 73.0 cm³/mol. The Morgan fingerprint density at radius 1 is 1.00 bits per heavy atom. The van der Waals surface area contributed by atoms with Gasteiger partial charge in [0, 0.05) is 17.6 Å². The van der Waals surface area contributed by atoms with Crippen molar-refractivity contribution in [3.8, 4) is 0 Å².